The molecule has 2 rings (SSSR count). The first-order valence-electron chi connectivity index (χ1n) is 8.24. The van der Waals surface area contributed by atoms with Crippen LogP contribution in [0.4, 0.5) is 16.4 Å². The number of urea groups is 1. The molecule has 0 spiro atoms. The van der Waals surface area contributed by atoms with Crippen LogP contribution >= 0.6 is 0 Å². The first-order chi connectivity index (χ1) is 11.0. The van der Waals surface area contributed by atoms with Crippen molar-refractivity contribution < 1.29 is 9.53 Å². The van der Waals surface area contributed by atoms with Crippen LogP contribution in [-0.2, 0) is 4.74 Å². The molecule has 1 aromatic rings. The standard InChI is InChI=1S/C17H28N4O2/c1-5-10-17(13-23-4)11-7-12-21(17)16(22)19-14-8-6-9-15(18-14)20(2)3/h6,8-9H,5,7,10-13H2,1-4H3,(H,18,19,22). The number of hydrogen-bond donors (Lipinski definition) is 1. The minimum absolute atomic E-state index is 0.0867. The smallest absolute Gasteiger partial charge is 0.323 e. The van der Waals surface area contributed by atoms with Gasteiger partial charge in [-0.1, -0.05) is 19.4 Å². The van der Waals surface area contributed by atoms with Crippen molar-refractivity contribution in [2.45, 2.75) is 38.1 Å². The highest BCUT2D eigenvalue weighted by Gasteiger charge is 2.43. The Labute approximate surface area is 138 Å². The zero-order valence-corrected chi connectivity index (χ0v) is 14.6. The largest absolute Gasteiger partial charge is 0.382 e. The Kier molecular flexibility index (Phi) is 5.82. The van der Waals surface area contributed by atoms with Crippen molar-refractivity contribution in [3.8, 4) is 0 Å². The molecule has 2 amide bonds. The fourth-order valence-electron chi connectivity index (χ4n) is 3.39. The average molecular weight is 320 g/mol. The van der Waals surface area contributed by atoms with E-state index in [1.165, 1.54) is 0 Å². The zero-order chi connectivity index (χ0) is 16.9. The highest BCUT2D eigenvalue weighted by Crippen LogP contribution is 2.34. The number of aromatic nitrogens is 1. The first-order valence-corrected chi connectivity index (χ1v) is 8.24. The molecular formula is C17H28N4O2. The van der Waals surface area contributed by atoms with Gasteiger partial charge in [-0.3, -0.25) is 5.32 Å². The monoisotopic (exact) mass is 320 g/mol. The summed E-state index contributed by atoms with van der Waals surface area (Å²) in [6.07, 6.45) is 4.00. The SMILES string of the molecule is CCCC1(COC)CCCN1C(=O)Nc1cccc(N(C)C)n1. The molecule has 1 aliphatic rings. The van der Waals surface area contributed by atoms with Crippen LogP contribution in [0, 0.1) is 0 Å². The van der Waals surface area contributed by atoms with Crippen molar-refractivity contribution in [1.29, 1.82) is 0 Å². The molecular weight excluding hydrogens is 292 g/mol. The van der Waals surface area contributed by atoms with Gasteiger partial charge in [0.2, 0.25) is 0 Å². The van der Waals surface area contributed by atoms with Crippen LogP contribution in [0.3, 0.4) is 0 Å². The fraction of sp³-hybridized carbons (Fsp3) is 0.647. The summed E-state index contributed by atoms with van der Waals surface area (Å²) in [6, 6.07) is 5.55. The minimum Gasteiger partial charge on any atom is -0.382 e. The number of hydrogen-bond acceptors (Lipinski definition) is 4. The van der Waals surface area contributed by atoms with Crippen LogP contribution in [-0.4, -0.2) is 55.8 Å². The molecule has 0 aromatic carbocycles. The van der Waals surface area contributed by atoms with E-state index in [1.54, 1.807) is 7.11 Å². The predicted molar refractivity (Wildman–Crippen MR) is 93.0 cm³/mol. The number of nitrogens with zero attached hydrogens (tertiary/aromatic N) is 3. The van der Waals surface area contributed by atoms with Gasteiger partial charge in [-0.2, -0.15) is 0 Å². The van der Waals surface area contributed by atoms with Gasteiger partial charge in [-0.05, 0) is 31.4 Å². The van der Waals surface area contributed by atoms with Gasteiger partial charge in [-0.25, -0.2) is 9.78 Å². The van der Waals surface area contributed by atoms with Gasteiger partial charge in [0.05, 0.1) is 12.1 Å². The Hall–Kier alpha value is -1.82. The topological polar surface area (TPSA) is 57.7 Å². The zero-order valence-electron chi connectivity index (χ0n) is 14.6. The lowest BCUT2D eigenvalue weighted by Crippen LogP contribution is -2.52. The van der Waals surface area contributed by atoms with Crippen LogP contribution < -0.4 is 10.2 Å². The summed E-state index contributed by atoms with van der Waals surface area (Å²) in [4.78, 5) is 21.1. The lowest BCUT2D eigenvalue weighted by Gasteiger charge is -2.38. The van der Waals surface area contributed by atoms with Gasteiger partial charge in [0, 0.05) is 27.7 Å². The molecule has 1 atom stereocenters. The molecule has 1 aliphatic heterocycles. The molecule has 1 aromatic heterocycles. The number of carbonyl (C=O) groups is 1. The molecule has 23 heavy (non-hydrogen) atoms. The summed E-state index contributed by atoms with van der Waals surface area (Å²) in [5.41, 5.74) is -0.188. The molecule has 2 heterocycles. The summed E-state index contributed by atoms with van der Waals surface area (Å²) >= 11 is 0. The third-order valence-corrected chi connectivity index (χ3v) is 4.40. The second-order valence-corrected chi connectivity index (χ2v) is 6.37. The maximum Gasteiger partial charge on any atom is 0.323 e. The van der Waals surface area contributed by atoms with Crippen molar-refractivity contribution in [2.75, 3.05) is 44.6 Å². The molecule has 0 radical (unpaired) electrons. The third kappa shape index (κ3) is 3.93. The van der Waals surface area contributed by atoms with Crippen molar-refractivity contribution >= 4 is 17.7 Å². The summed E-state index contributed by atoms with van der Waals surface area (Å²) in [7, 11) is 5.56. The van der Waals surface area contributed by atoms with E-state index in [-0.39, 0.29) is 11.6 Å². The van der Waals surface area contributed by atoms with Crippen molar-refractivity contribution in [1.82, 2.24) is 9.88 Å². The maximum atomic E-state index is 12.8. The number of carbonyl (C=O) groups excluding carboxylic acids is 1. The second-order valence-electron chi connectivity index (χ2n) is 6.37. The number of amides is 2. The van der Waals surface area contributed by atoms with E-state index in [0.29, 0.717) is 12.4 Å². The highest BCUT2D eigenvalue weighted by atomic mass is 16.5. The van der Waals surface area contributed by atoms with E-state index in [4.69, 9.17) is 4.74 Å². The quantitative estimate of drug-likeness (QED) is 0.875. The number of likely N-dealkylation sites (tertiary alicyclic amines) is 1. The van der Waals surface area contributed by atoms with Crippen LogP contribution in [0.25, 0.3) is 0 Å². The van der Waals surface area contributed by atoms with Gasteiger partial charge in [0.15, 0.2) is 0 Å². The van der Waals surface area contributed by atoms with Gasteiger partial charge >= 0.3 is 6.03 Å². The highest BCUT2D eigenvalue weighted by molar-refractivity contribution is 5.89. The van der Waals surface area contributed by atoms with Crippen molar-refractivity contribution in [2.24, 2.45) is 0 Å². The van der Waals surface area contributed by atoms with E-state index in [9.17, 15) is 4.79 Å². The maximum absolute atomic E-state index is 12.8. The van der Waals surface area contributed by atoms with Gasteiger partial charge in [-0.15, -0.1) is 0 Å². The predicted octanol–water partition coefficient (Wildman–Crippen LogP) is 2.96. The molecule has 6 nitrogen and oxygen atoms in total. The molecule has 0 aliphatic carbocycles. The van der Waals surface area contributed by atoms with Crippen LogP contribution in [0.5, 0.6) is 0 Å². The Bertz CT molecular complexity index is 527. The summed E-state index contributed by atoms with van der Waals surface area (Å²) in [5, 5.41) is 2.94. The summed E-state index contributed by atoms with van der Waals surface area (Å²) in [6.45, 7) is 3.50. The summed E-state index contributed by atoms with van der Waals surface area (Å²) in [5.74, 6) is 1.40. The van der Waals surface area contributed by atoms with E-state index >= 15 is 0 Å². The van der Waals surface area contributed by atoms with Crippen LogP contribution in [0.15, 0.2) is 18.2 Å². The van der Waals surface area contributed by atoms with E-state index in [0.717, 1.165) is 38.0 Å². The van der Waals surface area contributed by atoms with Crippen LogP contribution in [0.1, 0.15) is 32.6 Å². The number of methoxy groups -OCH3 is 1. The van der Waals surface area contributed by atoms with E-state index < -0.39 is 0 Å². The molecule has 0 saturated carbocycles. The Morgan fingerprint density at radius 1 is 1.48 bits per heavy atom. The molecule has 1 unspecified atom stereocenters. The second kappa shape index (κ2) is 7.64. The molecule has 6 heteroatoms. The van der Waals surface area contributed by atoms with E-state index in [2.05, 4.69) is 17.2 Å². The minimum atomic E-state index is -0.188. The molecule has 1 N–H and O–H groups in total. The van der Waals surface area contributed by atoms with Gasteiger partial charge in [0.25, 0.3) is 0 Å². The van der Waals surface area contributed by atoms with Gasteiger partial charge < -0.3 is 14.5 Å². The average Bonchev–Trinajstić information content (AvgIpc) is 2.92. The Balaban J connectivity index is 2.14. The van der Waals surface area contributed by atoms with Crippen LogP contribution in [0.2, 0.25) is 0 Å². The number of rotatable bonds is 6. The number of anilines is 2. The molecule has 1 fully saturated rings. The number of pyridine rings is 1. The Morgan fingerprint density at radius 2 is 2.26 bits per heavy atom. The lowest BCUT2D eigenvalue weighted by molar-refractivity contribution is 0.0540. The first kappa shape index (κ1) is 17.5. The molecule has 1 saturated heterocycles. The fourth-order valence-corrected chi connectivity index (χ4v) is 3.39. The molecule has 128 valence electrons. The lowest BCUT2D eigenvalue weighted by atomic mass is 9.91. The van der Waals surface area contributed by atoms with Crippen molar-refractivity contribution in [3.63, 3.8) is 0 Å². The normalized spacial score (nSPS) is 20.6. The Morgan fingerprint density at radius 3 is 2.91 bits per heavy atom. The number of ether oxygens (including phenoxy) is 1. The van der Waals surface area contributed by atoms with Gasteiger partial charge in [0.1, 0.15) is 11.6 Å². The molecule has 0 bridgehead atoms. The third-order valence-electron chi connectivity index (χ3n) is 4.40. The van der Waals surface area contributed by atoms with Crippen molar-refractivity contribution in [3.05, 3.63) is 18.2 Å². The van der Waals surface area contributed by atoms with E-state index in [1.807, 2.05) is 42.1 Å². The summed E-state index contributed by atoms with van der Waals surface area (Å²) < 4.78 is 5.42. The number of nitrogens with one attached hydrogen (secondary N) is 1.